The van der Waals surface area contributed by atoms with Crippen LogP contribution in [0.1, 0.15) is 54.2 Å². The van der Waals surface area contributed by atoms with Crippen molar-refractivity contribution in [3.63, 3.8) is 0 Å². The predicted octanol–water partition coefficient (Wildman–Crippen LogP) is 5.32. The van der Waals surface area contributed by atoms with E-state index in [1.54, 1.807) is 12.7 Å². The molecular formula is C22H30ClNO. The van der Waals surface area contributed by atoms with Crippen molar-refractivity contribution in [3.8, 4) is 5.75 Å². The van der Waals surface area contributed by atoms with Crippen LogP contribution < -0.4 is 10.1 Å². The van der Waals surface area contributed by atoms with E-state index in [2.05, 4.69) is 60.9 Å². The SMILES string of the molecule is CNCC(CCC1CCCc2cc(OC)ccc21)c1ccccc1.Cl. The van der Waals surface area contributed by atoms with Crippen molar-refractivity contribution in [3.05, 3.63) is 65.2 Å². The van der Waals surface area contributed by atoms with E-state index in [-0.39, 0.29) is 12.4 Å². The lowest BCUT2D eigenvalue weighted by molar-refractivity contribution is 0.411. The number of likely N-dealkylation sites (N-methyl/N-ethyl adjacent to an activating group) is 1. The molecule has 0 spiro atoms. The molecule has 1 aliphatic rings. The van der Waals surface area contributed by atoms with Crippen LogP contribution in [-0.4, -0.2) is 20.7 Å². The van der Waals surface area contributed by atoms with Gasteiger partial charge >= 0.3 is 0 Å². The van der Waals surface area contributed by atoms with E-state index in [4.69, 9.17) is 4.74 Å². The molecule has 0 fully saturated rings. The van der Waals surface area contributed by atoms with Gasteiger partial charge in [0.1, 0.15) is 5.75 Å². The van der Waals surface area contributed by atoms with Crippen molar-refractivity contribution < 1.29 is 4.74 Å². The van der Waals surface area contributed by atoms with Crippen LogP contribution in [0, 0.1) is 0 Å². The van der Waals surface area contributed by atoms with Gasteiger partial charge < -0.3 is 10.1 Å². The fourth-order valence-electron chi connectivity index (χ4n) is 4.08. The first-order valence-electron chi connectivity index (χ1n) is 9.18. The van der Waals surface area contributed by atoms with Gasteiger partial charge in [0.15, 0.2) is 0 Å². The van der Waals surface area contributed by atoms with Gasteiger partial charge in [-0.25, -0.2) is 0 Å². The molecule has 2 aromatic rings. The summed E-state index contributed by atoms with van der Waals surface area (Å²) in [6.45, 7) is 1.05. The minimum atomic E-state index is 0. The largest absolute Gasteiger partial charge is 0.497 e. The van der Waals surface area contributed by atoms with Gasteiger partial charge in [-0.05, 0) is 79.8 Å². The molecular weight excluding hydrogens is 330 g/mol. The number of methoxy groups -OCH3 is 1. The summed E-state index contributed by atoms with van der Waals surface area (Å²) in [6.07, 6.45) is 6.32. The second kappa shape index (κ2) is 9.84. The lowest BCUT2D eigenvalue weighted by Gasteiger charge is -2.28. The average molecular weight is 360 g/mol. The maximum absolute atomic E-state index is 5.40. The van der Waals surface area contributed by atoms with Gasteiger partial charge in [0.2, 0.25) is 0 Å². The molecule has 2 nitrogen and oxygen atoms in total. The zero-order valence-electron chi connectivity index (χ0n) is 15.3. The second-order valence-electron chi connectivity index (χ2n) is 6.90. The van der Waals surface area contributed by atoms with Crippen molar-refractivity contribution in [2.24, 2.45) is 0 Å². The Morgan fingerprint density at radius 3 is 2.68 bits per heavy atom. The van der Waals surface area contributed by atoms with Crippen molar-refractivity contribution in [1.29, 1.82) is 0 Å². The third-order valence-corrected chi connectivity index (χ3v) is 5.37. The number of benzene rings is 2. The van der Waals surface area contributed by atoms with Crippen LogP contribution in [0.4, 0.5) is 0 Å². The van der Waals surface area contributed by atoms with Gasteiger partial charge in [0.25, 0.3) is 0 Å². The predicted molar refractivity (Wildman–Crippen MR) is 108 cm³/mol. The summed E-state index contributed by atoms with van der Waals surface area (Å²) in [4.78, 5) is 0. The van der Waals surface area contributed by atoms with Crippen LogP contribution in [0.2, 0.25) is 0 Å². The van der Waals surface area contributed by atoms with Crippen molar-refractivity contribution in [2.45, 2.75) is 43.9 Å². The standard InChI is InChI=1S/C22H29NO.ClH/c1-23-16-20(17-7-4-3-5-8-17)12-11-18-9-6-10-19-15-21(24-2)13-14-22(18)19;/h3-5,7-8,13-15,18,20,23H,6,9-12,16H2,1-2H3;1H. The average Bonchev–Trinajstić information content (AvgIpc) is 2.65. The van der Waals surface area contributed by atoms with Crippen molar-refractivity contribution >= 4 is 12.4 Å². The molecule has 136 valence electrons. The smallest absolute Gasteiger partial charge is 0.119 e. The third-order valence-electron chi connectivity index (χ3n) is 5.37. The molecule has 0 heterocycles. The van der Waals surface area contributed by atoms with E-state index in [0.29, 0.717) is 11.8 Å². The fourth-order valence-corrected chi connectivity index (χ4v) is 4.08. The first-order valence-corrected chi connectivity index (χ1v) is 9.18. The maximum atomic E-state index is 5.40. The molecule has 0 radical (unpaired) electrons. The van der Waals surface area contributed by atoms with Crippen molar-refractivity contribution in [1.82, 2.24) is 5.32 Å². The first-order chi connectivity index (χ1) is 11.8. The number of nitrogens with one attached hydrogen (secondary N) is 1. The Hall–Kier alpha value is -1.51. The van der Waals surface area contributed by atoms with E-state index in [1.807, 2.05) is 0 Å². The highest BCUT2D eigenvalue weighted by atomic mass is 35.5. The summed E-state index contributed by atoms with van der Waals surface area (Å²) in [5.74, 6) is 2.29. The van der Waals surface area contributed by atoms with Crippen LogP contribution in [0.3, 0.4) is 0 Å². The zero-order valence-corrected chi connectivity index (χ0v) is 16.1. The highest BCUT2D eigenvalue weighted by molar-refractivity contribution is 5.85. The lowest BCUT2D eigenvalue weighted by Crippen LogP contribution is -2.19. The molecule has 0 aromatic heterocycles. The summed E-state index contributed by atoms with van der Waals surface area (Å²) in [6, 6.07) is 17.6. The molecule has 0 bridgehead atoms. The van der Waals surface area contributed by atoms with E-state index in [0.717, 1.165) is 12.3 Å². The number of ether oxygens (including phenoxy) is 1. The minimum absolute atomic E-state index is 0. The zero-order chi connectivity index (χ0) is 16.8. The molecule has 3 rings (SSSR count). The number of hydrogen-bond donors (Lipinski definition) is 1. The molecule has 2 unspecified atom stereocenters. The van der Waals surface area contributed by atoms with E-state index < -0.39 is 0 Å². The Kier molecular flexibility index (Phi) is 7.80. The Morgan fingerprint density at radius 1 is 1.16 bits per heavy atom. The van der Waals surface area contributed by atoms with Gasteiger partial charge in [-0.15, -0.1) is 12.4 Å². The highest BCUT2D eigenvalue weighted by Gasteiger charge is 2.22. The molecule has 3 heteroatoms. The molecule has 25 heavy (non-hydrogen) atoms. The fraction of sp³-hybridized carbons (Fsp3) is 0.455. The highest BCUT2D eigenvalue weighted by Crippen LogP contribution is 2.38. The first kappa shape index (κ1) is 19.8. The maximum Gasteiger partial charge on any atom is 0.119 e. The lowest BCUT2D eigenvalue weighted by atomic mass is 9.78. The Morgan fingerprint density at radius 2 is 1.96 bits per heavy atom. The molecule has 1 N–H and O–H groups in total. The molecule has 1 aliphatic carbocycles. The summed E-state index contributed by atoms with van der Waals surface area (Å²) >= 11 is 0. The molecule has 0 saturated carbocycles. The van der Waals surface area contributed by atoms with Gasteiger partial charge in [-0.3, -0.25) is 0 Å². The quantitative estimate of drug-likeness (QED) is 0.722. The summed E-state index contributed by atoms with van der Waals surface area (Å²) in [7, 11) is 3.81. The number of fused-ring (bicyclic) bond motifs is 1. The van der Waals surface area contributed by atoms with Crippen LogP contribution in [-0.2, 0) is 6.42 Å². The van der Waals surface area contributed by atoms with Crippen LogP contribution in [0.5, 0.6) is 5.75 Å². The molecule has 2 aromatic carbocycles. The summed E-state index contributed by atoms with van der Waals surface area (Å²) < 4.78 is 5.40. The van der Waals surface area contributed by atoms with E-state index >= 15 is 0 Å². The van der Waals surface area contributed by atoms with Gasteiger partial charge in [0, 0.05) is 6.54 Å². The Balaban J connectivity index is 0.00000225. The second-order valence-corrected chi connectivity index (χ2v) is 6.90. The monoisotopic (exact) mass is 359 g/mol. The summed E-state index contributed by atoms with van der Waals surface area (Å²) in [5.41, 5.74) is 4.51. The number of halogens is 1. The number of rotatable bonds is 7. The van der Waals surface area contributed by atoms with Gasteiger partial charge in [0.05, 0.1) is 7.11 Å². The Bertz CT molecular complexity index is 644. The Labute approximate surface area is 158 Å². The molecule has 0 amide bonds. The van der Waals surface area contributed by atoms with Gasteiger partial charge in [-0.1, -0.05) is 36.4 Å². The van der Waals surface area contributed by atoms with E-state index in [1.165, 1.54) is 43.2 Å². The normalized spacial score (nSPS) is 17.3. The van der Waals surface area contributed by atoms with E-state index in [9.17, 15) is 0 Å². The molecule has 0 aliphatic heterocycles. The summed E-state index contributed by atoms with van der Waals surface area (Å²) in [5, 5.41) is 3.37. The third kappa shape index (κ3) is 4.99. The molecule has 2 atom stereocenters. The van der Waals surface area contributed by atoms with Crippen LogP contribution >= 0.6 is 12.4 Å². The van der Waals surface area contributed by atoms with Crippen LogP contribution in [0.25, 0.3) is 0 Å². The topological polar surface area (TPSA) is 21.3 Å². The number of hydrogen-bond acceptors (Lipinski definition) is 2. The van der Waals surface area contributed by atoms with Gasteiger partial charge in [-0.2, -0.15) is 0 Å². The van der Waals surface area contributed by atoms with Crippen LogP contribution in [0.15, 0.2) is 48.5 Å². The number of aryl methyl sites for hydroxylation is 1. The minimum Gasteiger partial charge on any atom is -0.497 e. The molecule has 0 saturated heterocycles. The van der Waals surface area contributed by atoms with Crippen molar-refractivity contribution in [2.75, 3.05) is 20.7 Å².